The van der Waals surface area contributed by atoms with Crippen LogP contribution in [0, 0.1) is 29.1 Å². The van der Waals surface area contributed by atoms with E-state index in [9.17, 15) is 10.4 Å². The van der Waals surface area contributed by atoms with Gasteiger partial charge in [-0.3, -0.25) is 5.41 Å². The van der Waals surface area contributed by atoms with E-state index < -0.39 is 17.4 Å². The van der Waals surface area contributed by atoms with Crippen molar-refractivity contribution < 1.29 is 14.6 Å². The minimum Gasteiger partial charge on any atom is -0.504 e. The molecule has 6 heteroatoms. The summed E-state index contributed by atoms with van der Waals surface area (Å²) in [4.78, 5) is 0. The van der Waals surface area contributed by atoms with Crippen LogP contribution in [-0.2, 0) is 4.74 Å². The van der Waals surface area contributed by atoms with Crippen LogP contribution in [0.25, 0.3) is 0 Å². The maximum Gasteiger partial charge on any atom is 0.190 e. The molecule has 0 saturated heterocycles. The Bertz CT molecular complexity index is 1020. The summed E-state index contributed by atoms with van der Waals surface area (Å²) >= 11 is 0. The number of hydrogen-bond acceptors (Lipinski definition) is 6. The summed E-state index contributed by atoms with van der Waals surface area (Å²) in [6.45, 7) is 5.55. The smallest absolute Gasteiger partial charge is 0.190 e. The molecule has 4 N–H and O–H groups in total. The van der Waals surface area contributed by atoms with Crippen molar-refractivity contribution in [3.05, 3.63) is 70.6 Å². The minimum absolute atomic E-state index is 0.0378. The van der Waals surface area contributed by atoms with Gasteiger partial charge in [0.2, 0.25) is 0 Å². The van der Waals surface area contributed by atoms with Crippen LogP contribution in [0.15, 0.2) is 53.9 Å². The first-order valence-electron chi connectivity index (χ1n) is 9.33. The average molecular weight is 391 g/mol. The summed E-state index contributed by atoms with van der Waals surface area (Å²) in [5, 5.41) is 29.2. The van der Waals surface area contributed by atoms with E-state index in [0.29, 0.717) is 22.4 Å². The van der Waals surface area contributed by atoms with Gasteiger partial charge in [-0.25, -0.2) is 0 Å². The number of phenolic OH excluding ortho intramolecular Hbond substituents is 1. The van der Waals surface area contributed by atoms with Crippen molar-refractivity contribution in [3.8, 4) is 17.6 Å². The number of aryl methyl sites for hydroxylation is 1. The highest BCUT2D eigenvalue weighted by Gasteiger charge is 2.49. The Labute approximate surface area is 170 Å². The normalized spacial score (nSPS) is 23.8. The van der Waals surface area contributed by atoms with Crippen molar-refractivity contribution >= 4 is 5.71 Å². The predicted molar refractivity (Wildman–Crippen MR) is 111 cm³/mol. The van der Waals surface area contributed by atoms with E-state index in [-0.39, 0.29) is 17.3 Å². The maximum absolute atomic E-state index is 10.3. The second kappa shape index (κ2) is 7.51. The van der Waals surface area contributed by atoms with Gasteiger partial charge in [0.15, 0.2) is 17.4 Å². The van der Waals surface area contributed by atoms with Crippen LogP contribution in [-0.4, -0.2) is 24.0 Å². The first-order valence-corrected chi connectivity index (χ1v) is 9.33. The Balaban J connectivity index is 2.21. The van der Waals surface area contributed by atoms with Crippen LogP contribution in [0.3, 0.4) is 0 Å². The SMILES string of the molecule is COc1ccc(C2C(C(=N)c3ccc(C)cc3)=C(N)OC(C)C2(C)C#N)cc1O. The number of nitriles is 1. The highest BCUT2D eigenvalue weighted by Crippen LogP contribution is 2.50. The van der Waals surface area contributed by atoms with Crippen LogP contribution >= 0.6 is 0 Å². The third-order valence-electron chi connectivity index (χ3n) is 5.69. The molecule has 1 aliphatic rings. The molecule has 1 aliphatic heterocycles. The molecule has 0 amide bonds. The largest absolute Gasteiger partial charge is 0.504 e. The number of allylic oxidation sites excluding steroid dienone is 1. The van der Waals surface area contributed by atoms with Crippen LogP contribution < -0.4 is 10.5 Å². The topological polar surface area (TPSA) is 112 Å². The van der Waals surface area contributed by atoms with Crippen LogP contribution in [0.5, 0.6) is 11.5 Å². The van der Waals surface area contributed by atoms with Crippen molar-refractivity contribution in [2.45, 2.75) is 32.8 Å². The van der Waals surface area contributed by atoms with Crippen molar-refractivity contribution in [1.82, 2.24) is 0 Å². The van der Waals surface area contributed by atoms with Gasteiger partial charge in [-0.2, -0.15) is 5.26 Å². The second-order valence-electron chi connectivity index (χ2n) is 7.54. The van der Waals surface area contributed by atoms with E-state index in [1.54, 1.807) is 32.0 Å². The summed E-state index contributed by atoms with van der Waals surface area (Å²) in [7, 11) is 1.47. The Morgan fingerprint density at radius 2 is 1.93 bits per heavy atom. The molecule has 3 rings (SSSR count). The number of nitrogens with zero attached hydrogens (tertiary/aromatic N) is 1. The summed E-state index contributed by atoms with van der Waals surface area (Å²) in [5.41, 5.74) is 8.29. The molecule has 2 aromatic rings. The number of phenols is 1. The van der Waals surface area contributed by atoms with Gasteiger partial charge in [0.05, 0.1) is 18.9 Å². The number of nitrogens with one attached hydrogen (secondary N) is 1. The zero-order chi connectivity index (χ0) is 21.3. The highest BCUT2D eigenvalue weighted by atomic mass is 16.5. The van der Waals surface area contributed by atoms with Gasteiger partial charge in [0, 0.05) is 11.5 Å². The summed E-state index contributed by atoms with van der Waals surface area (Å²) < 4.78 is 10.9. The van der Waals surface area contributed by atoms with Gasteiger partial charge < -0.3 is 20.3 Å². The molecule has 0 aliphatic carbocycles. The van der Waals surface area contributed by atoms with E-state index in [1.807, 2.05) is 31.2 Å². The average Bonchev–Trinajstić information content (AvgIpc) is 2.70. The molecule has 0 saturated carbocycles. The lowest BCUT2D eigenvalue weighted by Crippen LogP contribution is -2.44. The van der Waals surface area contributed by atoms with E-state index >= 15 is 0 Å². The summed E-state index contributed by atoms with van der Waals surface area (Å²) in [6.07, 6.45) is -0.503. The number of rotatable bonds is 4. The lowest BCUT2D eigenvalue weighted by Gasteiger charge is -2.43. The van der Waals surface area contributed by atoms with Crippen molar-refractivity contribution in [2.75, 3.05) is 7.11 Å². The standard InChI is InChI=1S/C23H25N3O3/c1-13-5-7-15(8-6-13)21(25)19-20(16-9-10-18(28-4)17(27)11-16)23(3,12-24)14(2)29-22(19)26/h5-11,14,20,25,27H,26H2,1-4H3. The first-order chi connectivity index (χ1) is 13.7. The van der Waals surface area contributed by atoms with Crippen molar-refractivity contribution in [1.29, 1.82) is 10.7 Å². The first kappa shape index (κ1) is 20.3. The number of benzene rings is 2. The molecule has 3 atom stereocenters. The highest BCUT2D eigenvalue weighted by molar-refractivity contribution is 6.12. The molecule has 0 bridgehead atoms. The molecular formula is C23H25N3O3. The molecule has 0 fully saturated rings. The lowest BCUT2D eigenvalue weighted by atomic mass is 9.65. The summed E-state index contributed by atoms with van der Waals surface area (Å²) in [5.74, 6) is -0.151. The minimum atomic E-state index is -1.00. The predicted octanol–water partition coefficient (Wildman–Crippen LogP) is 3.98. The third kappa shape index (κ3) is 3.40. The Morgan fingerprint density at radius 3 is 2.48 bits per heavy atom. The molecule has 1 heterocycles. The molecule has 6 nitrogen and oxygen atoms in total. The molecule has 0 aromatic heterocycles. The Kier molecular flexibility index (Phi) is 5.25. The van der Waals surface area contributed by atoms with Crippen molar-refractivity contribution in [3.63, 3.8) is 0 Å². The van der Waals surface area contributed by atoms with Gasteiger partial charge >= 0.3 is 0 Å². The van der Waals surface area contributed by atoms with Gasteiger partial charge in [-0.05, 0) is 44.0 Å². The molecule has 2 aromatic carbocycles. The zero-order valence-electron chi connectivity index (χ0n) is 17.0. The summed E-state index contributed by atoms with van der Waals surface area (Å²) in [6, 6.07) is 14.9. The van der Waals surface area contributed by atoms with Crippen LogP contribution in [0.4, 0.5) is 0 Å². The quantitative estimate of drug-likeness (QED) is 0.683. The molecule has 0 radical (unpaired) electrons. The Morgan fingerprint density at radius 1 is 1.28 bits per heavy atom. The lowest BCUT2D eigenvalue weighted by molar-refractivity contribution is 0.0202. The molecule has 3 unspecified atom stereocenters. The number of nitrogens with two attached hydrogens (primary N) is 1. The van der Waals surface area contributed by atoms with Crippen LogP contribution in [0.2, 0.25) is 0 Å². The maximum atomic E-state index is 10.3. The van der Waals surface area contributed by atoms with Crippen molar-refractivity contribution in [2.24, 2.45) is 11.1 Å². The Hall–Kier alpha value is -3.46. The fourth-order valence-corrected chi connectivity index (χ4v) is 3.75. The van der Waals surface area contributed by atoms with E-state index in [2.05, 4.69) is 6.07 Å². The van der Waals surface area contributed by atoms with E-state index in [0.717, 1.165) is 5.56 Å². The number of ether oxygens (including phenoxy) is 2. The fourth-order valence-electron chi connectivity index (χ4n) is 3.75. The molecule has 29 heavy (non-hydrogen) atoms. The van der Waals surface area contributed by atoms with Gasteiger partial charge in [-0.15, -0.1) is 0 Å². The number of aromatic hydroxyl groups is 1. The molecule has 150 valence electrons. The van der Waals surface area contributed by atoms with E-state index in [1.165, 1.54) is 7.11 Å². The fraction of sp³-hybridized carbons (Fsp3) is 0.304. The van der Waals surface area contributed by atoms with Gasteiger partial charge in [0.25, 0.3) is 0 Å². The number of hydrogen-bond donors (Lipinski definition) is 3. The van der Waals surface area contributed by atoms with Crippen LogP contribution in [0.1, 0.15) is 36.5 Å². The number of methoxy groups -OCH3 is 1. The van der Waals surface area contributed by atoms with Gasteiger partial charge in [0.1, 0.15) is 11.5 Å². The molecule has 0 spiro atoms. The third-order valence-corrected chi connectivity index (χ3v) is 5.69. The van der Waals surface area contributed by atoms with E-state index in [4.69, 9.17) is 20.6 Å². The zero-order valence-corrected chi connectivity index (χ0v) is 17.0. The second-order valence-corrected chi connectivity index (χ2v) is 7.54. The van der Waals surface area contributed by atoms with Gasteiger partial charge in [-0.1, -0.05) is 35.9 Å². The molecular weight excluding hydrogens is 366 g/mol. The monoisotopic (exact) mass is 391 g/mol.